The zero-order valence-electron chi connectivity index (χ0n) is 14.1. The van der Waals surface area contributed by atoms with E-state index in [4.69, 9.17) is 17.0 Å². The van der Waals surface area contributed by atoms with Crippen molar-refractivity contribution in [1.29, 1.82) is 0 Å². The van der Waals surface area contributed by atoms with E-state index in [1.807, 2.05) is 19.1 Å². The number of halogens is 1. The summed E-state index contributed by atoms with van der Waals surface area (Å²) in [5.41, 5.74) is 5.92. The SMILES string of the molecule is Cc1cc(OCC(=O)NNC(=S)NC(=O)CC2CCCC2)ccc1Br. The topological polar surface area (TPSA) is 79.5 Å². The molecule has 2 amide bonds. The van der Waals surface area contributed by atoms with E-state index in [1.165, 1.54) is 12.8 Å². The van der Waals surface area contributed by atoms with Crippen molar-refractivity contribution in [2.75, 3.05) is 6.61 Å². The molecule has 1 aromatic rings. The van der Waals surface area contributed by atoms with Crippen molar-refractivity contribution in [2.45, 2.75) is 39.0 Å². The Morgan fingerprint density at radius 1 is 1.24 bits per heavy atom. The van der Waals surface area contributed by atoms with Gasteiger partial charge in [0.05, 0.1) is 0 Å². The number of nitrogens with one attached hydrogen (secondary N) is 3. The molecule has 0 aliphatic heterocycles. The lowest BCUT2D eigenvalue weighted by Crippen LogP contribution is -2.49. The number of ether oxygens (including phenoxy) is 1. The number of hydrazine groups is 1. The maximum absolute atomic E-state index is 11.8. The number of thiocarbonyl (C=S) groups is 1. The normalized spacial score (nSPS) is 14.0. The second-order valence-electron chi connectivity index (χ2n) is 6.10. The Labute approximate surface area is 161 Å². The maximum atomic E-state index is 11.8. The van der Waals surface area contributed by atoms with Crippen LogP contribution in [-0.2, 0) is 9.59 Å². The molecule has 136 valence electrons. The molecule has 25 heavy (non-hydrogen) atoms. The summed E-state index contributed by atoms with van der Waals surface area (Å²) >= 11 is 8.40. The number of carbonyl (C=O) groups excluding carboxylic acids is 2. The fourth-order valence-corrected chi connectivity index (χ4v) is 3.12. The van der Waals surface area contributed by atoms with Gasteiger partial charge in [0.2, 0.25) is 5.91 Å². The lowest BCUT2D eigenvalue weighted by molar-refractivity contribution is -0.124. The molecule has 0 aromatic heterocycles. The van der Waals surface area contributed by atoms with Crippen molar-refractivity contribution in [2.24, 2.45) is 5.92 Å². The van der Waals surface area contributed by atoms with Gasteiger partial charge in [0.1, 0.15) is 5.75 Å². The molecule has 3 N–H and O–H groups in total. The Bertz CT molecular complexity index is 648. The lowest BCUT2D eigenvalue weighted by Gasteiger charge is -2.13. The first-order valence-electron chi connectivity index (χ1n) is 8.21. The van der Waals surface area contributed by atoms with Crippen molar-refractivity contribution < 1.29 is 14.3 Å². The van der Waals surface area contributed by atoms with E-state index in [9.17, 15) is 9.59 Å². The van der Waals surface area contributed by atoms with Crippen LogP contribution >= 0.6 is 28.1 Å². The number of benzene rings is 1. The van der Waals surface area contributed by atoms with Gasteiger partial charge in [-0.05, 0) is 61.7 Å². The Morgan fingerprint density at radius 3 is 2.64 bits per heavy atom. The van der Waals surface area contributed by atoms with Gasteiger partial charge in [-0.15, -0.1) is 0 Å². The number of carbonyl (C=O) groups is 2. The van der Waals surface area contributed by atoms with E-state index < -0.39 is 5.91 Å². The fourth-order valence-electron chi connectivity index (χ4n) is 2.70. The predicted octanol–water partition coefficient (Wildman–Crippen LogP) is 2.74. The van der Waals surface area contributed by atoms with Gasteiger partial charge in [-0.3, -0.25) is 20.4 Å². The highest BCUT2D eigenvalue weighted by molar-refractivity contribution is 9.10. The summed E-state index contributed by atoms with van der Waals surface area (Å²) in [7, 11) is 0. The molecular weight excluding hydrogens is 406 g/mol. The predicted molar refractivity (Wildman–Crippen MR) is 103 cm³/mol. The summed E-state index contributed by atoms with van der Waals surface area (Å²) in [5.74, 6) is 0.525. The number of amides is 2. The van der Waals surface area contributed by atoms with E-state index in [0.717, 1.165) is 22.9 Å². The third kappa shape index (κ3) is 6.99. The molecule has 1 saturated carbocycles. The third-order valence-corrected chi connectivity index (χ3v) is 5.11. The molecule has 0 radical (unpaired) electrons. The molecule has 1 fully saturated rings. The van der Waals surface area contributed by atoms with E-state index in [0.29, 0.717) is 18.1 Å². The van der Waals surface area contributed by atoms with Gasteiger partial charge in [0.15, 0.2) is 11.7 Å². The van der Waals surface area contributed by atoms with Gasteiger partial charge >= 0.3 is 0 Å². The number of rotatable bonds is 5. The smallest absolute Gasteiger partial charge is 0.276 e. The van der Waals surface area contributed by atoms with Crippen LogP contribution in [0.3, 0.4) is 0 Å². The highest BCUT2D eigenvalue weighted by Crippen LogP contribution is 2.27. The average Bonchev–Trinajstić information content (AvgIpc) is 3.06. The van der Waals surface area contributed by atoms with Gasteiger partial charge in [-0.25, -0.2) is 0 Å². The summed E-state index contributed by atoms with van der Waals surface area (Å²) in [6.07, 6.45) is 5.04. The van der Waals surface area contributed by atoms with Gasteiger partial charge < -0.3 is 10.1 Å². The number of aryl methyl sites for hydroxylation is 1. The minimum absolute atomic E-state index is 0.0795. The Kier molecular flexibility index (Phi) is 7.64. The van der Waals surface area contributed by atoms with Crippen LogP contribution < -0.4 is 20.9 Å². The second-order valence-corrected chi connectivity index (χ2v) is 7.37. The Hall–Kier alpha value is -1.67. The van der Waals surface area contributed by atoms with Crippen molar-refractivity contribution in [3.05, 3.63) is 28.2 Å². The lowest BCUT2D eigenvalue weighted by atomic mass is 10.0. The maximum Gasteiger partial charge on any atom is 0.276 e. The Morgan fingerprint density at radius 2 is 1.96 bits per heavy atom. The van der Waals surface area contributed by atoms with Crippen molar-refractivity contribution in [3.8, 4) is 5.75 Å². The van der Waals surface area contributed by atoms with Crippen LogP contribution in [-0.4, -0.2) is 23.5 Å². The molecule has 0 unspecified atom stereocenters. The van der Waals surface area contributed by atoms with Crippen LogP contribution in [0.5, 0.6) is 5.75 Å². The molecule has 8 heteroatoms. The summed E-state index contributed by atoms with van der Waals surface area (Å²) in [5, 5.41) is 2.65. The van der Waals surface area contributed by atoms with E-state index in [-0.39, 0.29) is 17.6 Å². The third-order valence-electron chi connectivity index (χ3n) is 4.02. The molecular formula is C17H22BrN3O3S. The van der Waals surface area contributed by atoms with Gasteiger partial charge in [-0.2, -0.15) is 0 Å². The molecule has 0 spiro atoms. The first-order chi connectivity index (χ1) is 11.9. The summed E-state index contributed by atoms with van der Waals surface area (Å²) in [6.45, 7) is 1.78. The highest BCUT2D eigenvalue weighted by atomic mass is 79.9. The fraction of sp³-hybridized carbons (Fsp3) is 0.471. The van der Waals surface area contributed by atoms with Crippen LogP contribution in [0.2, 0.25) is 0 Å². The van der Waals surface area contributed by atoms with Gasteiger partial charge in [0, 0.05) is 10.9 Å². The van der Waals surface area contributed by atoms with Crippen LogP contribution in [0, 0.1) is 12.8 Å². The Balaban J connectivity index is 1.64. The molecule has 0 saturated heterocycles. The highest BCUT2D eigenvalue weighted by Gasteiger charge is 2.18. The molecule has 1 aromatic carbocycles. The molecule has 0 heterocycles. The second kappa shape index (κ2) is 9.72. The molecule has 6 nitrogen and oxygen atoms in total. The van der Waals surface area contributed by atoms with Gasteiger partial charge in [0.25, 0.3) is 5.91 Å². The molecule has 1 aliphatic rings. The first kappa shape index (κ1) is 19.7. The minimum Gasteiger partial charge on any atom is -0.484 e. The monoisotopic (exact) mass is 427 g/mol. The van der Waals surface area contributed by atoms with Crippen molar-refractivity contribution >= 4 is 45.1 Å². The zero-order chi connectivity index (χ0) is 18.2. The molecule has 2 rings (SSSR count). The summed E-state index contributed by atoms with van der Waals surface area (Å²) in [4.78, 5) is 23.6. The minimum atomic E-state index is -0.395. The molecule has 0 bridgehead atoms. The molecule has 0 atom stereocenters. The van der Waals surface area contributed by atoms with E-state index in [2.05, 4.69) is 32.1 Å². The quantitative estimate of drug-likeness (QED) is 0.497. The number of hydrogen-bond acceptors (Lipinski definition) is 4. The molecule has 1 aliphatic carbocycles. The van der Waals surface area contributed by atoms with E-state index >= 15 is 0 Å². The largest absolute Gasteiger partial charge is 0.484 e. The number of hydrogen-bond donors (Lipinski definition) is 3. The van der Waals surface area contributed by atoms with Crippen LogP contribution in [0.25, 0.3) is 0 Å². The first-order valence-corrected chi connectivity index (χ1v) is 9.42. The summed E-state index contributed by atoms with van der Waals surface area (Å²) in [6, 6.07) is 5.46. The van der Waals surface area contributed by atoms with Gasteiger partial charge in [-0.1, -0.05) is 28.8 Å². The van der Waals surface area contributed by atoms with Crippen LogP contribution in [0.4, 0.5) is 0 Å². The summed E-state index contributed by atoms with van der Waals surface area (Å²) < 4.78 is 6.38. The van der Waals surface area contributed by atoms with E-state index in [1.54, 1.807) is 6.07 Å². The van der Waals surface area contributed by atoms with Crippen molar-refractivity contribution in [3.63, 3.8) is 0 Å². The van der Waals surface area contributed by atoms with Crippen LogP contribution in [0.1, 0.15) is 37.7 Å². The van der Waals surface area contributed by atoms with Crippen molar-refractivity contribution in [1.82, 2.24) is 16.2 Å². The van der Waals surface area contributed by atoms with Crippen LogP contribution in [0.15, 0.2) is 22.7 Å². The average molecular weight is 428 g/mol. The standard InChI is InChI=1S/C17H22BrN3O3S/c1-11-8-13(6-7-14(11)18)24-10-16(23)20-21-17(25)19-15(22)9-12-4-2-3-5-12/h6-8,12H,2-5,9-10H2,1H3,(H,20,23)(H2,19,21,22,25). The zero-order valence-corrected chi connectivity index (χ0v) is 16.5.